The third-order valence-corrected chi connectivity index (χ3v) is 4.31. The Balaban J connectivity index is 1.82. The second kappa shape index (κ2) is 7.99. The van der Waals surface area contributed by atoms with Gasteiger partial charge in [-0.2, -0.15) is 0 Å². The van der Waals surface area contributed by atoms with Gasteiger partial charge >= 0.3 is 0 Å². The summed E-state index contributed by atoms with van der Waals surface area (Å²) in [5.74, 6) is 0. The Kier molecular flexibility index (Phi) is 6.30. The fourth-order valence-electron chi connectivity index (χ4n) is 2.79. The maximum Gasteiger partial charge on any atom is 0.0702 e. The van der Waals surface area contributed by atoms with E-state index in [-0.39, 0.29) is 0 Å². The Morgan fingerprint density at radius 2 is 2.25 bits per heavy atom. The molecule has 0 saturated carbocycles. The van der Waals surface area contributed by atoms with E-state index in [4.69, 9.17) is 16.3 Å². The Morgan fingerprint density at radius 1 is 1.45 bits per heavy atom. The summed E-state index contributed by atoms with van der Waals surface area (Å²) in [5, 5.41) is 4.21. The lowest BCUT2D eigenvalue weighted by Gasteiger charge is -2.24. The van der Waals surface area contributed by atoms with Crippen LogP contribution in [0.2, 0.25) is 5.02 Å². The van der Waals surface area contributed by atoms with Crippen LogP contribution in [0.5, 0.6) is 0 Å². The van der Waals surface area contributed by atoms with E-state index in [2.05, 4.69) is 23.3 Å². The van der Waals surface area contributed by atoms with Crippen molar-refractivity contribution in [1.29, 1.82) is 0 Å². The van der Waals surface area contributed by atoms with Crippen LogP contribution in [0.3, 0.4) is 0 Å². The van der Waals surface area contributed by atoms with E-state index in [1.54, 1.807) is 0 Å². The zero-order valence-corrected chi connectivity index (χ0v) is 13.2. The molecule has 1 aliphatic heterocycles. The fraction of sp³-hybridized carbons (Fsp3) is 0.625. The smallest absolute Gasteiger partial charge is 0.0702 e. The van der Waals surface area contributed by atoms with Crippen molar-refractivity contribution in [2.75, 3.05) is 33.8 Å². The molecule has 1 aliphatic rings. The first-order chi connectivity index (χ1) is 9.70. The number of benzene rings is 1. The van der Waals surface area contributed by atoms with Crippen molar-refractivity contribution in [2.45, 2.75) is 31.4 Å². The Labute approximate surface area is 127 Å². The molecule has 2 rings (SSSR count). The second-order valence-electron chi connectivity index (χ2n) is 5.55. The highest BCUT2D eigenvalue weighted by molar-refractivity contribution is 6.31. The third-order valence-electron chi connectivity index (χ3n) is 3.97. The van der Waals surface area contributed by atoms with Gasteiger partial charge in [-0.3, -0.25) is 0 Å². The van der Waals surface area contributed by atoms with Crippen LogP contribution in [0, 0.1) is 0 Å². The van der Waals surface area contributed by atoms with E-state index in [1.165, 1.54) is 18.4 Å². The molecular weight excluding hydrogens is 272 g/mol. The van der Waals surface area contributed by atoms with Crippen molar-refractivity contribution in [1.82, 2.24) is 10.2 Å². The van der Waals surface area contributed by atoms with Crippen molar-refractivity contribution >= 4 is 11.6 Å². The lowest BCUT2D eigenvalue weighted by molar-refractivity contribution is 0.0801. The van der Waals surface area contributed by atoms with Gasteiger partial charge in [-0.05, 0) is 51.5 Å². The average Bonchev–Trinajstić information content (AvgIpc) is 2.94. The standard InChI is InChI=1S/C16H25ClN2O/c1-18-16(14-7-3-4-8-15(14)17)9-10-19(2)12-13-6-5-11-20-13/h3-4,7-8,13,16,18H,5-6,9-12H2,1-2H3. The first kappa shape index (κ1) is 15.8. The van der Waals surface area contributed by atoms with Crippen LogP contribution >= 0.6 is 11.6 Å². The SMILES string of the molecule is CNC(CCN(C)CC1CCCO1)c1ccccc1Cl. The Morgan fingerprint density at radius 3 is 2.90 bits per heavy atom. The maximum absolute atomic E-state index is 6.28. The first-order valence-electron chi connectivity index (χ1n) is 7.42. The fourth-order valence-corrected chi connectivity index (χ4v) is 3.06. The molecule has 1 aromatic carbocycles. The quantitative estimate of drug-likeness (QED) is 0.837. The normalized spacial score (nSPS) is 20.5. The number of ether oxygens (including phenoxy) is 1. The lowest BCUT2D eigenvalue weighted by atomic mass is 10.0. The molecule has 1 aromatic rings. The van der Waals surface area contributed by atoms with E-state index in [0.717, 1.165) is 31.1 Å². The summed E-state index contributed by atoms with van der Waals surface area (Å²) in [6.07, 6.45) is 3.87. The van der Waals surface area contributed by atoms with Crippen molar-refractivity contribution in [3.63, 3.8) is 0 Å². The van der Waals surface area contributed by atoms with Crippen LogP contribution in [0.1, 0.15) is 30.9 Å². The lowest BCUT2D eigenvalue weighted by Crippen LogP contribution is -2.31. The van der Waals surface area contributed by atoms with Crippen LogP contribution in [-0.2, 0) is 4.74 Å². The number of nitrogens with zero attached hydrogens (tertiary/aromatic N) is 1. The van der Waals surface area contributed by atoms with Crippen LogP contribution in [0.4, 0.5) is 0 Å². The van der Waals surface area contributed by atoms with Crippen molar-refractivity contribution in [2.24, 2.45) is 0 Å². The summed E-state index contributed by atoms with van der Waals surface area (Å²) in [4.78, 5) is 2.36. The molecule has 2 atom stereocenters. The summed E-state index contributed by atoms with van der Waals surface area (Å²) in [6, 6.07) is 8.38. The summed E-state index contributed by atoms with van der Waals surface area (Å²) < 4.78 is 5.68. The minimum atomic E-state index is 0.302. The highest BCUT2D eigenvalue weighted by Gasteiger charge is 2.18. The Hall–Kier alpha value is -0.610. The van der Waals surface area contributed by atoms with Crippen LogP contribution < -0.4 is 5.32 Å². The van der Waals surface area contributed by atoms with Gasteiger partial charge in [-0.25, -0.2) is 0 Å². The Bertz CT molecular complexity index is 407. The van der Waals surface area contributed by atoms with E-state index in [0.29, 0.717) is 12.1 Å². The molecular formula is C16H25ClN2O. The topological polar surface area (TPSA) is 24.5 Å². The summed E-state index contributed by atoms with van der Waals surface area (Å²) >= 11 is 6.28. The van der Waals surface area contributed by atoms with Gasteiger partial charge < -0.3 is 15.0 Å². The number of nitrogens with one attached hydrogen (secondary N) is 1. The second-order valence-corrected chi connectivity index (χ2v) is 5.96. The zero-order chi connectivity index (χ0) is 14.4. The molecule has 0 aromatic heterocycles. The first-order valence-corrected chi connectivity index (χ1v) is 7.80. The molecule has 0 aliphatic carbocycles. The van der Waals surface area contributed by atoms with Crippen LogP contribution in [0.15, 0.2) is 24.3 Å². The van der Waals surface area contributed by atoms with E-state index in [1.807, 2.05) is 25.2 Å². The molecule has 1 fully saturated rings. The number of rotatable bonds is 7. The van der Waals surface area contributed by atoms with Gasteiger partial charge in [-0.15, -0.1) is 0 Å². The molecule has 2 unspecified atom stereocenters. The van der Waals surface area contributed by atoms with Crippen LogP contribution in [0.25, 0.3) is 0 Å². The van der Waals surface area contributed by atoms with Gasteiger partial charge in [0.2, 0.25) is 0 Å². The minimum absolute atomic E-state index is 0.302. The van der Waals surface area contributed by atoms with Crippen molar-refractivity contribution in [3.05, 3.63) is 34.9 Å². The molecule has 0 bridgehead atoms. The molecule has 1 heterocycles. The maximum atomic E-state index is 6.28. The van der Waals surface area contributed by atoms with Gasteiger partial charge in [0.15, 0.2) is 0 Å². The predicted octanol–water partition coefficient (Wildman–Crippen LogP) is 3.10. The molecule has 1 N–H and O–H groups in total. The van der Waals surface area contributed by atoms with E-state index in [9.17, 15) is 0 Å². The van der Waals surface area contributed by atoms with Crippen molar-refractivity contribution in [3.8, 4) is 0 Å². The van der Waals surface area contributed by atoms with Gasteiger partial charge in [-0.1, -0.05) is 29.8 Å². The number of hydrogen-bond acceptors (Lipinski definition) is 3. The van der Waals surface area contributed by atoms with Gasteiger partial charge in [0.05, 0.1) is 6.10 Å². The minimum Gasteiger partial charge on any atom is -0.377 e. The third kappa shape index (κ3) is 4.45. The summed E-state index contributed by atoms with van der Waals surface area (Å²) in [5.41, 5.74) is 1.18. The molecule has 0 radical (unpaired) electrons. The highest BCUT2D eigenvalue weighted by atomic mass is 35.5. The predicted molar refractivity (Wildman–Crippen MR) is 84.3 cm³/mol. The van der Waals surface area contributed by atoms with E-state index >= 15 is 0 Å². The molecule has 4 heteroatoms. The van der Waals surface area contributed by atoms with Crippen LogP contribution in [-0.4, -0.2) is 44.8 Å². The van der Waals surface area contributed by atoms with Crippen molar-refractivity contribution < 1.29 is 4.74 Å². The molecule has 1 saturated heterocycles. The monoisotopic (exact) mass is 296 g/mol. The summed E-state index contributed by atoms with van der Waals surface area (Å²) in [7, 11) is 4.16. The van der Waals surface area contributed by atoms with Gasteiger partial charge in [0.1, 0.15) is 0 Å². The zero-order valence-electron chi connectivity index (χ0n) is 12.4. The highest BCUT2D eigenvalue weighted by Crippen LogP contribution is 2.25. The molecule has 112 valence electrons. The number of likely N-dealkylation sites (N-methyl/N-ethyl adjacent to an activating group) is 1. The molecule has 0 spiro atoms. The average molecular weight is 297 g/mol. The van der Waals surface area contributed by atoms with Gasteiger partial charge in [0.25, 0.3) is 0 Å². The molecule has 20 heavy (non-hydrogen) atoms. The molecule has 3 nitrogen and oxygen atoms in total. The largest absolute Gasteiger partial charge is 0.377 e. The molecule has 0 amide bonds. The number of halogens is 1. The van der Waals surface area contributed by atoms with Gasteiger partial charge in [0, 0.05) is 24.2 Å². The number of hydrogen-bond donors (Lipinski definition) is 1. The van der Waals surface area contributed by atoms with E-state index < -0.39 is 0 Å². The summed E-state index contributed by atoms with van der Waals surface area (Å²) in [6.45, 7) is 2.99.